The van der Waals surface area contributed by atoms with Gasteiger partial charge in [-0.2, -0.15) is 0 Å². The van der Waals surface area contributed by atoms with Gasteiger partial charge in [0.2, 0.25) is 5.91 Å². The second-order valence-electron chi connectivity index (χ2n) is 6.90. The highest BCUT2D eigenvalue weighted by molar-refractivity contribution is 5.76. The zero-order chi connectivity index (χ0) is 14.5. The molecule has 0 aromatic carbocycles. The minimum Gasteiger partial charge on any atom is -0.396 e. The maximum atomic E-state index is 11.9. The molecular formula is C15H30N2O2. The number of carbonyl (C=O) groups is 1. The van der Waals surface area contributed by atoms with Gasteiger partial charge >= 0.3 is 0 Å². The molecule has 2 atom stereocenters. The molecular weight excluding hydrogens is 240 g/mol. The van der Waals surface area contributed by atoms with Crippen LogP contribution < -0.4 is 5.32 Å². The summed E-state index contributed by atoms with van der Waals surface area (Å²) >= 11 is 0. The molecule has 2 unspecified atom stereocenters. The summed E-state index contributed by atoms with van der Waals surface area (Å²) in [5.74, 6) is 0.650. The number of carbonyl (C=O) groups excluding carboxylic acids is 1. The quantitative estimate of drug-likeness (QED) is 0.798. The summed E-state index contributed by atoms with van der Waals surface area (Å²) in [5.41, 5.74) is 0.253. The lowest BCUT2D eigenvalue weighted by atomic mass is 9.90. The Labute approximate surface area is 117 Å². The van der Waals surface area contributed by atoms with Crippen LogP contribution in [0.25, 0.3) is 0 Å². The van der Waals surface area contributed by atoms with Gasteiger partial charge in [0.05, 0.1) is 0 Å². The Balaban J connectivity index is 2.57. The summed E-state index contributed by atoms with van der Waals surface area (Å²) in [6.07, 6.45) is 2.42. The van der Waals surface area contributed by atoms with E-state index in [0.717, 1.165) is 32.5 Å². The number of rotatable bonds is 5. The van der Waals surface area contributed by atoms with Crippen molar-refractivity contribution in [1.82, 2.24) is 10.2 Å². The number of hydrogen-bond acceptors (Lipinski definition) is 3. The number of likely N-dealkylation sites (tertiary alicyclic amines) is 1. The Kier molecular flexibility index (Phi) is 6.27. The third-order valence-corrected chi connectivity index (χ3v) is 3.65. The first-order valence-corrected chi connectivity index (χ1v) is 7.47. The molecule has 1 aliphatic heterocycles. The molecule has 1 aliphatic rings. The first-order valence-electron chi connectivity index (χ1n) is 7.47. The summed E-state index contributed by atoms with van der Waals surface area (Å²) in [4.78, 5) is 13.9. The molecule has 1 fully saturated rings. The minimum absolute atomic E-state index is 0.213. The van der Waals surface area contributed by atoms with Crippen molar-refractivity contribution in [3.05, 3.63) is 0 Å². The summed E-state index contributed by atoms with van der Waals surface area (Å²) in [6, 6.07) is 0.361. The maximum absolute atomic E-state index is 11.9. The van der Waals surface area contributed by atoms with Crippen LogP contribution in [0, 0.1) is 11.3 Å². The van der Waals surface area contributed by atoms with E-state index >= 15 is 0 Å². The molecule has 0 spiro atoms. The maximum Gasteiger partial charge on any atom is 0.222 e. The van der Waals surface area contributed by atoms with Gasteiger partial charge in [-0.25, -0.2) is 0 Å². The van der Waals surface area contributed by atoms with Gasteiger partial charge in [-0.15, -0.1) is 0 Å². The van der Waals surface area contributed by atoms with Gasteiger partial charge < -0.3 is 15.3 Å². The van der Waals surface area contributed by atoms with Crippen LogP contribution in [0.5, 0.6) is 0 Å². The van der Waals surface area contributed by atoms with Gasteiger partial charge in [-0.05, 0) is 24.2 Å². The Hall–Kier alpha value is -0.610. The zero-order valence-electron chi connectivity index (χ0n) is 12.9. The van der Waals surface area contributed by atoms with E-state index in [1.807, 2.05) is 11.8 Å². The SMILES string of the molecule is CCC(=O)N1CC(CCO)CC(NCC(C)(C)C)C1. The third kappa shape index (κ3) is 5.91. The van der Waals surface area contributed by atoms with Crippen LogP contribution in [0.3, 0.4) is 0 Å². The van der Waals surface area contributed by atoms with E-state index in [0.29, 0.717) is 18.4 Å². The molecule has 0 aromatic heterocycles. The highest BCUT2D eigenvalue weighted by Crippen LogP contribution is 2.21. The predicted molar refractivity (Wildman–Crippen MR) is 77.9 cm³/mol. The number of nitrogens with zero attached hydrogens (tertiary/aromatic N) is 1. The lowest BCUT2D eigenvalue weighted by molar-refractivity contribution is -0.133. The highest BCUT2D eigenvalue weighted by atomic mass is 16.3. The largest absolute Gasteiger partial charge is 0.396 e. The number of amides is 1. The molecule has 0 bridgehead atoms. The van der Waals surface area contributed by atoms with Crippen molar-refractivity contribution in [2.24, 2.45) is 11.3 Å². The monoisotopic (exact) mass is 270 g/mol. The van der Waals surface area contributed by atoms with Gasteiger partial charge in [0.15, 0.2) is 0 Å². The summed E-state index contributed by atoms with van der Waals surface area (Å²) in [5, 5.41) is 12.7. The average Bonchev–Trinajstić information content (AvgIpc) is 2.35. The number of piperidine rings is 1. The van der Waals surface area contributed by atoms with E-state index in [2.05, 4.69) is 26.1 Å². The first kappa shape index (κ1) is 16.4. The fourth-order valence-corrected chi connectivity index (χ4v) is 2.62. The van der Waals surface area contributed by atoms with Gasteiger partial charge in [-0.1, -0.05) is 27.7 Å². The molecule has 0 radical (unpaired) electrons. The van der Waals surface area contributed by atoms with Crippen LogP contribution in [0.1, 0.15) is 47.0 Å². The van der Waals surface area contributed by atoms with Crippen molar-refractivity contribution in [3.8, 4) is 0 Å². The fraction of sp³-hybridized carbons (Fsp3) is 0.933. The van der Waals surface area contributed by atoms with Crippen LogP contribution in [0.4, 0.5) is 0 Å². The lowest BCUT2D eigenvalue weighted by Gasteiger charge is -2.39. The number of nitrogens with one attached hydrogen (secondary N) is 1. The molecule has 0 aliphatic carbocycles. The van der Waals surface area contributed by atoms with Crippen LogP contribution >= 0.6 is 0 Å². The molecule has 2 N–H and O–H groups in total. The van der Waals surface area contributed by atoms with Crippen molar-refractivity contribution >= 4 is 5.91 Å². The van der Waals surface area contributed by atoms with E-state index in [1.54, 1.807) is 0 Å². The molecule has 4 heteroatoms. The molecule has 19 heavy (non-hydrogen) atoms. The number of hydrogen-bond donors (Lipinski definition) is 2. The molecule has 112 valence electrons. The van der Waals surface area contributed by atoms with E-state index in [1.165, 1.54) is 0 Å². The standard InChI is InChI=1S/C15H30N2O2/c1-5-14(19)17-9-12(6-7-18)8-13(10-17)16-11-15(2,3)4/h12-13,16,18H,5-11H2,1-4H3. The summed E-state index contributed by atoms with van der Waals surface area (Å²) in [6.45, 7) is 11.3. The van der Waals surface area contributed by atoms with Crippen molar-refractivity contribution in [2.45, 2.75) is 53.0 Å². The molecule has 1 heterocycles. The summed E-state index contributed by atoms with van der Waals surface area (Å²) in [7, 11) is 0. The zero-order valence-corrected chi connectivity index (χ0v) is 12.9. The molecule has 1 amide bonds. The van der Waals surface area contributed by atoms with E-state index in [9.17, 15) is 4.79 Å². The van der Waals surface area contributed by atoms with Crippen LogP contribution in [-0.2, 0) is 4.79 Å². The van der Waals surface area contributed by atoms with E-state index in [-0.39, 0.29) is 17.9 Å². The molecule has 0 aromatic rings. The number of aliphatic hydroxyl groups is 1. The fourth-order valence-electron chi connectivity index (χ4n) is 2.62. The summed E-state index contributed by atoms with van der Waals surface area (Å²) < 4.78 is 0. The van der Waals surface area contributed by atoms with Gasteiger partial charge in [0.1, 0.15) is 0 Å². The topological polar surface area (TPSA) is 52.6 Å². The average molecular weight is 270 g/mol. The smallest absolute Gasteiger partial charge is 0.222 e. The van der Waals surface area contributed by atoms with E-state index in [4.69, 9.17) is 5.11 Å². The highest BCUT2D eigenvalue weighted by Gasteiger charge is 2.29. The van der Waals surface area contributed by atoms with Gasteiger partial charge in [-0.3, -0.25) is 4.79 Å². The van der Waals surface area contributed by atoms with Crippen molar-refractivity contribution in [1.29, 1.82) is 0 Å². The Bertz CT molecular complexity index is 286. The molecule has 1 saturated heterocycles. The predicted octanol–water partition coefficient (Wildman–Crippen LogP) is 1.63. The third-order valence-electron chi connectivity index (χ3n) is 3.65. The van der Waals surface area contributed by atoms with Gasteiger partial charge in [0, 0.05) is 38.7 Å². The van der Waals surface area contributed by atoms with Crippen molar-refractivity contribution < 1.29 is 9.90 Å². The molecule has 0 saturated carbocycles. The second-order valence-corrected chi connectivity index (χ2v) is 6.90. The van der Waals surface area contributed by atoms with Crippen molar-refractivity contribution in [3.63, 3.8) is 0 Å². The Morgan fingerprint density at radius 2 is 2.05 bits per heavy atom. The van der Waals surface area contributed by atoms with Crippen LogP contribution in [-0.4, -0.2) is 48.2 Å². The first-order chi connectivity index (χ1) is 8.85. The van der Waals surface area contributed by atoms with Crippen molar-refractivity contribution in [2.75, 3.05) is 26.2 Å². The normalized spacial score (nSPS) is 24.6. The minimum atomic E-state index is 0.213. The van der Waals surface area contributed by atoms with Crippen LogP contribution in [0.15, 0.2) is 0 Å². The van der Waals surface area contributed by atoms with E-state index < -0.39 is 0 Å². The molecule has 1 rings (SSSR count). The van der Waals surface area contributed by atoms with Gasteiger partial charge in [0.25, 0.3) is 0 Å². The number of aliphatic hydroxyl groups excluding tert-OH is 1. The lowest BCUT2D eigenvalue weighted by Crippen LogP contribution is -2.52. The Morgan fingerprint density at radius 3 is 2.58 bits per heavy atom. The second kappa shape index (κ2) is 7.25. The Morgan fingerprint density at radius 1 is 1.37 bits per heavy atom. The van der Waals surface area contributed by atoms with Crippen LogP contribution in [0.2, 0.25) is 0 Å². The molecule has 4 nitrogen and oxygen atoms in total.